The van der Waals surface area contributed by atoms with E-state index in [2.05, 4.69) is 31.4 Å². The van der Waals surface area contributed by atoms with Crippen LogP contribution in [0, 0.1) is 6.92 Å². The second-order valence-electron chi connectivity index (χ2n) is 6.14. The van der Waals surface area contributed by atoms with E-state index in [0.717, 1.165) is 10.2 Å². The highest BCUT2D eigenvalue weighted by atomic mass is 79.9. The molecule has 3 aromatic rings. The fraction of sp³-hybridized carbons (Fsp3) is 0.222. The Morgan fingerprint density at radius 1 is 1.26 bits per heavy atom. The van der Waals surface area contributed by atoms with E-state index in [1.807, 2.05) is 31.2 Å². The van der Waals surface area contributed by atoms with Crippen LogP contribution in [0.3, 0.4) is 0 Å². The van der Waals surface area contributed by atoms with Gasteiger partial charge in [-0.1, -0.05) is 29.8 Å². The zero-order valence-corrected chi connectivity index (χ0v) is 16.3. The lowest BCUT2D eigenvalue weighted by Gasteiger charge is -2.11. The van der Waals surface area contributed by atoms with Crippen molar-refractivity contribution in [3.8, 4) is 0 Å². The highest BCUT2D eigenvalue weighted by Crippen LogP contribution is 2.22. The van der Waals surface area contributed by atoms with Crippen molar-refractivity contribution in [3.63, 3.8) is 0 Å². The molecule has 0 fully saturated rings. The van der Waals surface area contributed by atoms with Crippen molar-refractivity contribution in [1.82, 2.24) is 19.6 Å². The first-order chi connectivity index (χ1) is 12.8. The molecule has 3 rings (SSSR count). The Bertz CT molecular complexity index is 977. The van der Waals surface area contributed by atoms with Crippen molar-refractivity contribution in [2.75, 3.05) is 5.32 Å². The van der Waals surface area contributed by atoms with Crippen LogP contribution in [-0.4, -0.2) is 36.5 Å². The summed E-state index contributed by atoms with van der Waals surface area (Å²) in [6.07, 6.45) is 3.16. The number of carboxylic acid groups (broad SMARTS) is 1. The van der Waals surface area contributed by atoms with Crippen LogP contribution in [0.15, 0.2) is 47.2 Å². The SMILES string of the molecule is Cc1ccc(Cn2cc(Br)c(NC(=O)c3ccnn3C(C)C(=O)O)n2)cc1. The Labute approximate surface area is 163 Å². The third-order valence-electron chi connectivity index (χ3n) is 4.04. The van der Waals surface area contributed by atoms with Gasteiger partial charge in [0.25, 0.3) is 5.91 Å². The summed E-state index contributed by atoms with van der Waals surface area (Å²) in [6, 6.07) is 8.61. The molecule has 1 atom stereocenters. The van der Waals surface area contributed by atoms with Gasteiger partial charge in [-0.05, 0) is 41.4 Å². The number of benzene rings is 1. The van der Waals surface area contributed by atoms with Crippen LogP contribution in [0.2, 0.25) is 0 Å². The molecular weight excluding hydrogens is 414 g/mol. The zero-order valence-electron chi connectivity index (χ0n) is 14.8. The third-order valence-corrected chi connectivity index (χ3v) is 4.62. The van der Waals surface area contributed by atoms with Gasteiger partial charge >= 0.3 is 5.97 Å². The fourth-order valence-electron chi connectivity index (χ4n) is 2.52. The molecule has 1 unspecified atom stereocenters. The number of aryl methyl sites for hydroxylation is 1. The average molecular weight is 432 g/mol. The van der Waals surface area contributed by atoms with Crippen LogP contribution < -0.4 is 5.32 Å². The highest BCUT2D eigenvalue weighted by Gasteiger charge is 2.22. The van der Waals surface area contributed by atoms with Gasteiger partial charge in [0.15, 0.2) is 5.82 Å². The molecule has 2 aromatic heterocycles. The predicted molar refractivity (Wildman–Crippen MR) is 103 cm³/mol. The maximum Gasteiger partial charge on any atom is 0.328 e. The summed E-state index contributed by atoms with van der Waals surface area (Å²) < 4.78 is 3.50. The number of nitrogens with one attached hydrogen (secondary N) is 1. The van der Waals surface area contributed by atoms with Crippen LogP contribution in [-0.2, 0) is 11.3 Å². The minimum absolute atomic E-state index is 0.143. The van der Waals surface area contributed by atoms with Crippen LogP contribution in [0.25, 0.3) is 0 Å². The number of hydrogen-bond acceptors (Lipinski definition) is 4. The molecule has 2 heterocycles. The minimum atomic E-state index is -1.07. The van der Waals surface area contributed by atoms with Gasteiger partial charge in [-0.2, -0.15) is 10.2 Å². The Balaban J connectivity index is 1.76. The number of nitrogens with zero attached hydrogens (tertiary/aromatic N) is 4. The monoisotopic (exact) mass is 431 g/mol. The van der Waals surface area contributed by atoms with Gasteiger partial charge in [-0.15, -0.1) is 0 Å². The Morgan fingerprint density at radius 3 is 2.63 bits per heavy atom. The normalized spacial score (nSPS) is 12.0. The molecule has 0 aliphatic carbocycles. The molecule has 140 valence electrons. The first kappa shape index (κ1) is 18.8. The smallest absolute Gasteiger partial charge is 0.328 e. The average Bonchev–Trinajstić information content (AvgIpc) is 3.23. The van der Waals surface area contributed by atoms with Crippen molar-refractivity contribution >= 4 is 33.6 Å². The number of aromatic nitrogens is 4. The Hall–Kier alpha value is -2.94. The molecule has 0 saturated heterocycles. The maximum absolute atomic E-state index is 12.5. The number of rotatable bonds is 6. The molecule has 0 aliphatic heterocycles. The summed E-state index contributed by atoms with van der Waals surface area (Å²) in [5.41, 5.74) is 2.41. The van der Waals surface area contributed by atoms with Gasteiger partial charge in [0.05, 0.1) is 11.0 Å². The van der Waals surface area contributed by atoms with Gasteiger partial charge in [0, 0.05) is 12.4 Å². The van der Waals surface area contributed by atoms with Gasteiger partial charge < -0.3 is 10.4 Å². The molecule has 0 radical (unpaired) electrons. The quantitative estimate of drug-likeness (QED) is 0.624. The first-order valence-corrected chi connectivity index (χ1v) is 9.00. The van der Waals surface area contributed by atoms with E-state index in [1.54, 1.807) is 10.9 Å². The summed E-state index contributed by atoms with van der Waals surface area (Å²) in [6.45, 7) is 4.04. The number of carbonyl (C=O) groups is 2. The van der Waals surface area contributed by atoms with E-state index >= 15 is 0 Å². The van der Waals surface area contributed by atoms with Gasteiger partial charge in [0.1, 0.15) is 11.7 Å². The molecule has 0 saturated carbocycles. The van der Waals surface area contributed by atoms with E-state index in [-0.39, 0.29) is 5.69 Å². The first-order valence-electron chi connectivity index (χ1n) is 8.21. The molecule has 0 spiro atoms. The highest BCUT2D eigenvalue weighted by molar-refractivity contribution is 9.10. The van der Waals surface area contributed by atoms with E-state index < -0.39 is 17.9 Å². The number of aliphatic carboxylic acids is 1. The fourth-order valence-corrected chi connectivity index (χ4v) is 2.94. The standard InChI is InChI=1S/C18H18BrN5O3/c1-11-3-5-13(6-4-11)9-23-10-14(19)16(22-23)21-17(25)15-7-8-20-24(15)12(2)18(26)27/h3-8,10,12H,9H2,1-2H3,(H,26,27)(H,21,22,25). The minimum Gasteiger partial charge on any atom is -0.480 e. The number of halogens is 1. The molecule has 1 aromatic carbocycles. The number of anilines is 1. The van der Waals surface area contributed by atoms with Crippen molar-refractivity contribution < 1.29 is 14.7 Å². The molecule has 1 amide bonds. The molecule has 27 heavy (non-hydrogen) atoms. The predicted octanol–water partition coefficient (Wildman–Crippen LogP) is 3.10. The van der Waals surface area contributed by atoms with E-state index in [0.29, 0.717) is 16.8 Å². The topological polar surface area (TPSA) is 102 Å². The van der Waals surface area contributed by atoms with E-state index in [1.165, 1.54) is 24.8 Å². The molecule has 2 N–H and O–H groups in total. The Kier molecular flexibility index (Phi) is 5.41. The summed E-state index contributed by atoms with van der Waals surface area (Å²) in [5, 5.41) is 20.1. The molecule has 0 aliphatic rings. The lowest BCUT2D eigenvalue weighted by Crippen LogP contribution is -2.24. The van der Waals surface area contributed by atoms with Crippen molar-refractivity contribution in [3.05, 3.63) is 64.0 Å². The van der Waals surface area contributed by atoms with E-state index in [4.69, 9.17) is 5.11 Å². The molecule has 8 nitrogen and oxygen atoms in total. The number of carbonyl (C=O) groups excluding carboxylic acids is 1. The number of amides is 1. The summed E-state index contributed by atoms with van der Waals surface area (Å²) in [7, 11) is 0. The summed E-state index contributed by atoms with van der Waals surface area (Å²) >= 11 is 3.39. The molecule has 9 heteroatoms. The lowest BCUT2D eigenvalue weighted by molar-refractivity contribution is -0.140. The van der Waals surface area contributed by atoms with Crippen molar-refractivity contribution in [2.24, 2.45) is 0 Å². The molecule has 0 bridgehead atoms. The van der Waals surface area contributed by atoms with Gasteiger partial charge in [-0.25, -0.2) is 9.48 Å². The van der Waals surface area contributed by atoms with Gasteiger partial charge in [0.2, 0.25) is 0 Å². The lowest BCUT2D eigenvalue weighted by atomic mass is 10.1. The number of hydrogen-bond donors (Lipinski definition) is 2. The van der Waals surface area contributed by atoms with Crippen LogP contribution >= 0.6 is 15.9 Å². The summed E-state index contributed by atoms with van der Waals surface area (Å²) in [4.78, 5) is 23.7. The van der Waals surface area contributed by atoms with Gasteiger partial charge in [-0.3, -0.25) is 9.48 Å². The molecular formula is C18H18BrN5O3. The largest absolute Gasteiger partial charge is 0.480 e. The summed E-state index contributed by atoms with van der Waals surface area (Å²) in [5.74, 6) is -1.21. The van der Waals surface area contributed by atoms with Crippen molar-refractivity contribution in [2.45, 2.75) is 26.4 Å². The third kappa shape index (κ3) is 4.25. The van der Waals surface area contributed by atoms with Crippen LogP contribution in [0.1, 0.15) is 34.6 Å². The van der Waals surface area contributed by atoms with Crippen LogP contribution in [0.5, 0.6) is 0 Å². The second kappa shape index (κ2) is 7.75. The van der Waals surface area contributed by atoms with Crippen molar-refractivity contribution in [1.29, 1.82) is 0 Å². The van der Waals surface area contributed by atoms with Crippen LogP contribution in [0.4, 0.5) is 5.82 Å². The van der Waals surface area contributed by atoms with E-state index in [9.17, 15) is 9.59 Å². The second-order valence-corrected chi connectivity index (χ2v) is 6.99. The Morgan fingerprint density at radius 2 is 1.96 bits per heavy atom. The maximum atomic E-state index is 12.5. The zero-order chi connectivity index (χ0) is 19.6. The number of carboxylic acids is 1.